The summed E-state index contributed by atoms with van der Waals surface area (Å²) in [5.41, 5.74) is 1.65. The minimum Gasteiger partial charge on any atom is -0.232 e. The number of aryl methyl sites for hydroxylation is 1. The van der Waals surface area contributed by atoms with Crippen molar-refractivity contribution in [2.75, 3.05) is 0 Å². The summed E-state index contributed by atoms with van der Waals surface area (Å²) in [5.74, 6) is -0.632. The van der Waals surface area contributed by atoms with Gasteiger partial charge in [-0.3, -0.25) is 0 Å². The Hall–Kier alpha value is -2.88. The number of benzene rings is 3. The molecule has 0 fully saturated rings. The van der Waals surface area contributed by atoms with Gasteiger partial charge in [-0.05, 0) is 40.9 Å². The summed E-state index contributed by atoms with van der Waals surface area (Å²) in [6.07, 6.45) is 1.96. The number of halogens is 2. The molecule has 0 saturated carbocycles. The van der Waals surface area contributed by atoms with Crippen molar-refractivity contribution >= 4 is 21.7 Å². The number of aromatic nitrogens is 2. The van der Waals surface area contributed by atoms with Crippen LogP contribution >= 0.6 is 0 Å². The van der Waals surface area contributed by atoms with Crippen LogP contribution in [-0.4, -0.2) is 4.98 Å². The van der Waals surface area contributed by atoms with Gasteiger partial charge in [0.2, 0.25) is 0 Å². The van der Waals surface area contributed by atoms with Gasteiger partial charge < -0.3 is 0 Å². The maximum atomic E-state index is 13.9. The van der Waals surface area contributed by atoms with Crippen LogP contribution in [0.25, 0.3) is 33.1 Å². The highest BCUT2D eigenvalue weighted by atomic mass is 19.1. The molecule has 3 aromatic carbocycles. The zero-order chi connectivity index (χ0) is 16.8. The molecule has 1 heterocycles. The van der Waals surface area contributed by atoms with Crippen LogP contribution < -0.4 is 4.57 Å². The maximum absolute atomic E-state index is 13.9. The SMILES string of the molecule is Cc1c(F)cc(F)cc1-c1nc2ccc3ccccc3c2c[n+]1C. The molecule has 0 N–H and O–H groups in total. The van der Waals surface area contributed by atoms with Crippen molar-refractivity contribution < 1.29 is 13.3 Å². The minimum atomic E-state index is -0.603. The highest BCUT2D eigenvalue weighted by Gasteiger charge is 2.21. The molecule has 4 rings (SSSR count). The fourth-order valence-electron chi connectivity index (χ4n) is 3.09. The van der Waals surface area contributed by atoms with Crippen LogP contribution in [0, 0.1) is 18.6 Å². The van der Waals surface area contributed by atoms with Crippen LogP contribution in [0.1, 0.15) is 5.56 Å². The molecule has 118 valence electrons. The van der Waals surface area contributed by atoms with E-state index in [4.69, 9.17) is 0 Å². The molecule has 0 bridgehead atoms. The predicted molar refractivity (Wildman–Crippen MR) is 90.5 cm³/mol. The molecule has 24 heavy (non-hydrogen) atoms. The molecule has 0 saturated heterocycles. The Labute approximate surface area is 138 Å². The van der Waals surface area contributed by atoms with E-state index < -0.39 is 11.6 Å². The first kappa shape index (κ1) is 14.7. The summed E-state index contributed by atoms with van der Waals surface area (Å²) >= 11 is 0. The molecule has 0 unspecified atom stereocenters. The van der Waals surface area contributed by atoms with E-state index in [1.807, 2.05) is 48.1 Å². The normalized spacial score (nSPS) is 11.3. The molecule has 4 aromatic rings. The second kappa shape index (κ2) is 5.34. The smallest absolute Gasteiger partial charge is 0.232 e. The molecular weight excluding hydrogens is 306 g/mol. The van der Waals surface area contributed by atoms with Crippen molar-refractivity contribution in [3.8, 4) is 11.4 Å². The van der Waals surface area contributed by atoms with E-state index >= 15 is 0 Å². The van der Waals surface area contributed by atoms with Gasteiger partial charge in [0.15, 0.2) is 5.52 Å². The Morgan fingerprint density at radius 1 is 0.958 bits per heavy atom. The average molecular weight is 321 g/mol. The van der Waals surface area contributed by atoms with Crippen molar-refractivity contribution in [3.05, 3.63) is 71.9 Å². The van der Waals surface area contributed by atoms with Gasteiger partial charge in [0, 0.05) is 11.6 Å². The number of hydrogen-bond donors (Lipinski definition) is 0. The maximum Gasteiger partial charge on any atom is 0.331 e. The predicted octanol–water partition coefficient (Wildman–Crippen LogP) is 4.47. The third kappa shape index (κ3) is 2.22. The highest BCUT2D eigenvalue weighted by molar-refractivity contribution is 6.05. The van der Waals surface area contributed by atoms with Gasteiger partial charge in [0.05, 0.1) is 18.0 Å². The van der Waals surface area contributed by atoms with E-state index in [-0.39, 0.29) is 0 Å². The van der Waals surface area contributed by atoms with Crippen molar-refractivity contribution in [2.45, 2.75) is 6.92 Å². The molecule has 0 aliphatic carbocycles. The van der Waals surface area contributed by atoms with Gasteiger partial charge in [-0.2, -0.15) is 0 Å². The number of fused-ring (bicyclic) bond motifs is 3. The molecule has 4 heteroatoms. The molecule has 0 radical (unpaired) electrons. The first-order chi connectivity index (χ1) is 11.5. The zero-order valence-electron chi connectivity index (χ0n) is 13.3. The lowest BCUT2D eigenvalue weighted by Crippen LogP contribution is -2.32. The van der Waals surface area contributed by atoms with E-state index in [2.05, 4.69) is 11.1 Å². The van der Waals surface area contributed by atoms with Crippen molar-refractivity contribution in [3.63, 3.8) is 0 Å². The lowest BCUT2D eigenvalue weighted by Gasteiger charge is -2.07. The first-order valence-electron chi connectivity index (χ1n) is 7.69. The molecule has 0 aliphatic rings. The average Bonchev–Trinajstić information content (AvgIpc) is 2.57. The molecule has 2 nitrogen and oxygen atoms in total. The topological polar surface area (TPSA) is 16.8 Å². The first-order valence-corrected chi connectivity index (χ1v) is 7.69. The van der Waals surface area contributed by atoms with E-state index in [1.54, 1.807) is 6.92 Å². The van der Waals surface area contributed by atoms with Gasteiger partial charge in [-0.15, -0.1) is 0 Å². The number of hydrogen-bond acceptors (Lipinski definition) is 1. The largest absolute Gasteiger partial charge is 0.331 e. The van der Waals surface area contributed by atoms with Gasteiger partial charge in [0.1, 0.15) is 17.8 Å². The summed E-state index contributed by atoms with van der Waals surface area (Å²) in [5, 5.41) is 3.24. The summed E-state index contributed by atoms with van der Waals surface area (Å²) < 4.78 is 29.4. The van der Waals surface area contributed by atoms with Crippen molar-refractivity contribution in [1.29, 1.82) is 0 Å². The molecule has 1 aromatic heterocycles. The van der Waals surface area contributed by atoms with Crippen molar-refractivity contribution in [2.24, 2.45) is 7.05 Å². The number of rotatable bonds is 1. The van der Waals surface area contributed by atoms with Gasteiger partial charge in [-0.25, -0.2) is 13.3 Å². The second-order valence-corrected chi connectivity index (χ2v) is 5.96. The molecule has 0 atom stereocenters. The van der Waals surface area contributed by atoms with Gasteiger partial charge in [0.25, 0.3) is 0 Å². The Morgan fingerprint density at radius 3 is 2.58 bits per heavy atom. The molecular formula is C20H15F2N2+. The molecule has 0 aliphatic heterocycles. The van der Waals surface area contributed by atoms with Gasteiger partial charge >= 0.3 is 5.82 Å². The van der Waals surface area contributed by atoms with Crippen LogP contribution in [-0.2, 0) is 7.05 Å². The van der Waals surface area contributed by atoms with E-state index in [9.17, 15) is 8.78 Å². The Bertz CT molecular complexity index is 1100. The fourth-order valence-corrected chi connectivity index (χ4v) is 3.09. The van der Waals surface area contributed by atoms with Crippen LogP contribution in [0.5, 0.6) is 0 Å². The molecule has 0 spiro atoms. The van der Waals surface area contributed by atoms with E-state index in [0.29, 0.717) is 17.0 Å². The van der Waals surface area contributed by atoms with Crippen molar-refractivity contribution in [1.82, 2.24) is 4.98 Å². The summed E-state index contributed by atoms with van der Waals surface area (Å²) in [7, 11) is 1.84. The third-order valence-electron chi connectivity index (χ3n) is 4.38. The van der Waals surface area contributed by atoms with E-state index in [1.165, 1.54) is 6.07 Å². The number of nitrogens with zero attached hydrogens (tertiary/aromatic N) is 2. The third-order valence-corrected chi connectivity index (χ3v) is 4.38. The fraction of sp³-hybridized carbons (Fsp3) is 0.100. The lowest BCUT2D eigenvalue weighted by molar-refractivity contribution is -0.661. The Morgan fingerprint density at radius 2 is 1.75 bits per heavy atom. The van der Waals surface area contributed by atoms with Crippen LogP contribution in [0.3, 0.4) is 0 Å². The minimum absolute atomic E-state index is 0.389. The van der Waals surface area contributed by atoms with Gasteiger partial charge in [-0.1, -0.05) is 24.3 Å². The van der Waals surface area contributed by atoms with Crippen LogP contribution in [0.2, 0.25) is 0 Å². The monoisotopic (exact) mass is 321 g/mol. The summed E-state index contributed by atoms with van der Waals surface area (Å²) in [6, 6.07) is 14.2. The lowest BCUT2D eigenvalue weighted by atomic mass is 10.0. The molecule has 0 amide bonds. The highest BCUT2D eigenvalue weighted by Crippen LogP contribution is 2.27. The quantitative estimate of drug-likeness (QED) is 0.373. The van der Waals surface area contributed by atoms with Crippen LogP contribution in [0.4, 0.5) is 8.78 Å². The zero-order valence-corrected chi connectivity index (χ0v) is 13.3. The van der Waals surface area contributed by atoms with E-state index in [0.717, 1.165) is 27.7 Å². The standard InChI is InChI=1S/C20H15F2N2/c1-12-16(9-14(21)10-18(12)22)20-23-19-8-7-13-5-3-4-6-15(13)17(19)11-24(20)2/h3-11H,1-2H3/q+1. The Kier molecular flexibility index (Phi) is 3.27. The second-order valence-electron chi connectivity index (χ2n) is 5.96. The summed E-state index contributed by atoms with van der Waals surface area (Å²) in [4.78, 5) is 4.67. The summed E-state index contributed by atoms with van der Waals surface area (Å²) in [6.45, 7) is 1.64. The van der Waals surface area contributed by atoms with Crippen LogP contribution in [0.15, 0.2) is 54.7 Å². The Balaban J connectivity index is 2.05.